The zero-order valence-electron chi connectivity index (χ0n) is 11.2. The molecule has 0 bridgehead atoms. The van der Waals surface area contributed by atoms with Crippen molar-refractivity contribution < 1.29 is 9.84 Å². The summed E-state index contributed by atoms with van der Waals surface area (Å²) in [5.41, 5.74) is -0.0190. The standard InChI is InChI=1S/C16H16N2O2/c1-16(19)10-6-5-9-13(11-16)18-15-14(20-15)17-12-7-3-2-4-8-12/h5-7,9-10,13-15,17-19H,11H2,1H3/t13?,14?,15?,16-/m0/s1. The number of nitrogens with one attached hydrogen (secondary N) is 2. The molecule has 0 aromatic heterocycles. The molecule has 0 saturated carbocycles. The number of ether oxygens (including phenoxy) is 1. The first-order valence-electron chi connectivity index (χ1n) is 6.61. The molecule has 3 unspecified atom stereocenters. The van der Waals surface area contributed by atoms with Crippen LogP contribution in [0.3, 0.4) is 0 Å². The van der Waals surface area contributed by atoms with Crippen molar-refractivity contribution in [3.8, 4) is 0 Å². The number of allylic oxidation sites excluding steroid dienone is 2. The van der Waals surface area contributed by atoms with E-state index >= 15 is 0 Å². The number of anilines is 1. The van der Waals surface area contributed by atoms with Crippen molar-refractivity contribution in [1.82, 2.24) is 5.32 Å². The fourth-order valence-corrected chi connectivity index (χ4v) is 2.23. The minimum Gasteiger partial charge on any atom is -0.386 e. The Balaban J connectivity index is 1.51. The van der Waals surface area contributed by atoms with Gasteiger partial charge in [-0.15, -0.1) is 0 Å². The first kappa shape index (κ1) is 13.0. The summed E-state index contributed by atoms with van der Waals surface area (Å²) >= 11 is 0. The summed E-state index contributed by atoms with van der Waals surface area (Å²) in [6.45, 7) is 1.80. The largest absolute Gasteiger partial charge is 0.386 e. The third-order valence-corrected chi connectivity index (χ3v) is 3.26. The van der Waals surface area contributed by atoms with Crippen molar-refractivity contribution in [1.29, 1.82) is 0 Å². The van der Waals surface area contributed by atoms with Crippen LogP contribution in [-0.4, -0.2) is 29.2 Å². The number of aliphatic hydroxyl groups is 1. The number of hydrogen-bond donors (Lipinski definition) is 3. The van der Waals surface area contributed by atoms with E-state index in [1.807, 2.05) is 18.2 Å². The van der Waals surface area contributed by atoms with Gasteiger partial charge in [-0.3, -0.25) is 5.32 Å². The highest BCUT2D eigenvalue weighted by molar-refractivity contribution is 5.38. The van der Waals surface area contributed by atoms with Gasteiger partial charge in [-0.2, -0.15) is 0 Å². The average molecular weight is 268 g/mol. The van der Waals surface area contributed by atoms with E-state index in [4.69, 9.17) is 4.74 Å². The molecule has 1 aliphatic heterocycles. The van der Waals surface area contributed by atoms with Gasteiger partial charge in [-0.05, 0) is 31.5 Å². The molecule has 1 aliphatic carbocycles. The lowest BCUT2D eigenvalue weighted by Crippen LogP contribution is -2.38. The topological polar surface area (TPSA) is 56.8 Å². The molecule has 102 valence electrons. The van der Waals surface area contributed by atoms with Gasteiger partial charge in [0.15, 0.2) is 12.5 Å². The van der Waals surface area contributed by atoms with Gasteiger partial charge in [-0.25, -0.2) is 0 Å². The summed E-state index contributed by atoms with van der Waals surface area (Å²) in [5.74, 6) is 0. The fraction of sp³-hybridized carbons (Fsp3) is 0.375. The third-order valence-electron chi connectivity index (χ3n) is 3.26. The third kappa shape index (κ3) is 3.31. The zero-order chi connectivity index (χ0) is 14.0. The van der Waals surface area contributed by atoms with Crippen LogP contribution in [0.15, 0.2) is 30.4 Å². The van der Waals surface area contributed by atoms with Crippen LogP contribution in [0.1, 0.15) is 13.3 Å². The Bertz CT molecular complexity index is 510. The monoisotopic (exact) mass is 268 g/mol. The van der Waals surface area contributed by atoms with Gasteiger partial charge in [0.2, 0.25) is 0 Å². The zero-order valence-corrected chi connectivity index (χ0v) is 11.2. The molecule has 1 heterocycles. The smallest absolute Gasteiger partial charge is 0.170 e. The van der Waals surface area contributed by atoms with Crippen molar-refractivity contribution in [3.63, 3.8) is 0 Å². The Kier molecular flexibility index (Phi) is 3.38. The molecule has 2 aliphatic rings. The molecular weight excluding hydrogens is 252 g/mol. The van der Waals surface area contributed by atoms with Gasteiger partial charge < -0.3 is 15.2 Å². The van der Waals surface area contributed by atoms with E-state index in [9.17, 15) is 5.11 Å². The lowest BCUT2D eigenvalue weighted by Gasteiger charge is -2.22. The second kappa shape index (κ2) is 5.19. The molecular formula is C16H16N2O2. The Hall–Kier alpha value is -1.98. The summed E-state index contributed by atoms with van der Waals surface area (Å²) in [7, 11) is 0. The highest BCUT2D eigenvalue weighted by Gasteiger charge is 2.40. The summed E-state index contributed by atoms with van der Waals surface area (Å²) in [6.07, 6.45) is 8.08. The highest BCUT2D eigenvalue weighted by Crippen LogP contribution is 2.24. The van der Waals surface area contributed by atoms with Crippen LogP contribution in [0.5, 0.6) is 0 Å². The van der Waals surface area contributed by atoms with Crippen molar-refractivity contribution in [2.24, 2.45) is 0 Å². The lowest BCUT2D eigenvalue weighted by molar-refractivity contribution is 0.0933. The van der Waals surface area contributed by atoms with E-state index in [0.717, 1.165) is 5.69 Å². The van der Waals surface area contributed by atoms with Gasteiger partial charge in [0.1, 0.15) is 0 Å². The van der Waals surface area contributed by atoms with Crippen molar-refractivity contribution in [2.75, 3.05) is 5.32 Å². The van der Waals surface area contributed by atoms with Crippen molar-refractivity contribution >= 4 is 5.69 Å². The predicted molar refractivity (Wildman–Crippen MR) is 74.5 cm³/mol. The SMILES string of the molecule is C[C@]1(O)C=CC=CC(NC2OC2Nc2c#cc#cc2)C1. The van der Waals surface area contributed by atoms with E-state index in [2.05, 4.69) is 34.9 Å². The van der Waals surface area contributed by atoms with E-state index in [-0.39, 0.29) is 18.5 Å². The van der Waals surface area contributed by atoms with Crippen LogP contribution in [0.2, 0.25) is 0 Å². The molecule has 0 amide bonds. The Morgan fingerprint density at radius 1 is 1.35 bits per heavy atom. The summed E-state index contributed by atoms with van der Waals surface area (Å²) in [6, 6.07) is 12.9. The van der Waals surface area contributed by atoms with Crippen molar-refractivity contribution in [3.05, 3.63) is 54.6 Å². The second-order valence-electron chi connectivity index (χ2n) is 5.28. The normalized spacial score (nSPS) is 34.8. The van der Waals surface area contributed by atoms with Crippen LogP contribution in [0.25, 0.3) is 0 Å². The number of epoxide rings is 1. The number of hydrogen-bond acceptors (Lipinski definition) is 4. The van der Waals surface area contributed by atoms with Gasteiger partial charge in [0, 0.05) is 12.1 Å². The van der Waals surface area contributed by atoms with E-state index < -0.39 is 5.60 Å². The molecule has 20 heavy (non-hydrogen) atoms. The summed E-state index contributed by atoms with van der Waals surface area (Å²) < 4.78 is 5.52. The molecule has 1 aromatic carbocycles. The Morgan fingerprint density at radius 2 is 2.25 bits per heavy atom. The Morgan fingerprint density at radius 3 is 3.05 bits per heavy atom. The molecule has 4 heteroatoms. The minimum absolute atomic E-state index is 0.0722. The van der Waals surface area contributed by atoms with Gasteiger partial charge in [-0.1, -0.05) is 30.4 Å². The fourth-order valence-electron chi connectivity index (χ4n) is 2.23. The Labute approximate surface area is 119 Å². The summed E-state index contributed by atoms with van der Waals surface area (Å²) in [4.78, 5) is 0. The van der Waals surface area contributed by atoms with Gasteiger partial charge in [0.25, 0.3) is 0 Å². The van der Waals surface area contributed by atoms with E-state index in [1.54, 1.807) is 19.1 Å². The first-order valence-corrected chi connectivity index (χ1v) is 6.61. The highest BCUT2D eigenvalue weighted by atomic mass is 16.6. The quantitative estimate of drug-likeness (QED) is 0.718. The maximum absolute atomic E-state index is 10.1. The maximum Gasteiger partial charge on any atom is 0.170 e. The maximum atomic E-state index is 10.1. The van der Waals surface area contributed by atoms with Crippen LogP contribution < -0.4 is 10.6 Å². The molecule has 4 nitrogen and oxygen atoms in total. The predicted octanol–water partition coefficient (Wildman–Crippen LogP) is 1.21. The minimum atomic E-state index is -0.800. The molecule has 1 fully saturated rings. The molecule has 0 spiro atoms. The van der Waals surface area contributed by atoms with Crippen LogP contribution in [-0.2, 0) is 4.74 Å². The van der Waals surface area contributed by atoms with Crippen LogP contribution in [0.4, 0.5) is 5.69 Å². The molecule has 1 aromatic rings. The van der Waals surface area contributed by atoms with Crippen molar-refractivity contribution in [2.45, 2.75) is 37.4 Å². The van der Waals surface area contributed by atoms with Crippen LogP contribution >= 0.6 is 0 Å². The second-order valence-corrected chi connectivity index (χ2v) is 5.28. The molecule has 3 rings (SSSR count). The number of rotatable bonds is 4. The van der Waals surface area contributed by atoms with Gasteiger partial charge >= 0.3 is 0 Å². The van der Waals surface area contributed by atoms with Crippen LogP contribution in [0, 0.1) is 24.3 Å². The molecule has 1 saturated heterocycles. The molecule has 3 N–H and O–H groups in total. The summed E-state index contributed by atoms with van der Waals surface area (Å²) in [5, 5.41) is 16.6. The van der Waals surface area contributed by atoms with E-state index in [0.29, 0.717) is 6.42 Å². The average Bonchev–Trinajstić information content (AvgIpc) is 3.15. The molecule has 4 atom stereocenters. The van der Waals surface area contributed by atoms with E-state index in [1.165, 1.54) is 0 Å². The molecule has 0 radical (unpaired) electrons. The van der Waals surface area contributed by atoms with Gasteiger partial charge in [0.05, 0.1) is 11.3 Å². The first-order chi connectivity index (χ1) is 9.62. The lowest BCUT2D eigenvalue weighted by atomic mass is 9.98.